The Labute approximate surface area is 146 Å². The summed E-state index contributed by atoms with van der Waals surface area (Å²) in [6.07, 6.45) is 0.880. The molecule has 24 heavy (non-hydrogen) atoms. The Hall–Kier alpha value is -2.59. The molecule has 0 bridgehead atoms. The lowest BCUT2D eigenvalue weighted by Crippen LogP contribution is -2.08. The van der Waals surface area contributed by atoms with E-state index in [1.165, 1.54) is 5.56 Å². The maximum Gasteiger partial charge on any atom is 0.229 e. The average Bonchev–Trinajstić information content (AvgIpc) is 2.55. The Balaban J connectivity index is 1.63. The van der Waals surface area contributed by atoms with E-state index < -0.39 is 0 Å². The number of hydrogen-bond acceptors (Lipinski definition) is 4. The van der Waals surface area contributed by atoms with Crippen molar-refractivity contribution in [1.29, 1.82) is 0 Å². The number of benzene rings is 2. The summed E-state index contributed by atoms with van der Waals surface area (Å²) in [4.78, 5) is 8.95. The van der Waals surface area contributed by atoms with Gasteiger partial charge in [0.1, 0.15) is 5.82 Å². The molecule has 1 heterocycles. The van der Waals surface area contributed by atoms with Gasteiger partial charge in [-0.1, -0.05) is 41.9 Å². The van der Waals surface area contributed by atoms with Crippen LogP contribution in [0.25, 0.3) is 0 Å². The highest BCUT2D eigenvalue weighted by Crippen LogP contribution is 2.16. The first-order valence-electron chi connectivity index (χ1n) is 7.85. The van der Waals surface area contributed by atoms with Crippen molar-refractivity contribution in [2.75, 3.05) is 17.2 Å². The van der Waals surface area contributed by atoms with Gasteiger partial charge < -0.3 is 10.6 Å². The van der Waals surface area contributed by atoms with Crippen LogP contribution in [0.4, 0.5) is 17.5 Å². The molecular formula is C19H19ClN4. The van der Waals surface area contributed by atoms with E-state index >= 15 is 0 Å². The molecule has 2 N–H and O–H groups in total. The van der Waals surface area contributed by atoms with Gasteiger partial charge in [0, 0.05) is 29.0 Å². The minimum absolute atomic E-state index is 0.589. The van der Waals surface area contributed by atoms with Crippen LogP contribution in [0.15, 0.2) is 60.7 Å². The maximum absolute atomic E-state index is 6.01. The third-order valence-electron chi connectivity index (χ3n) is 3.49. The number of nitrogens with one attached hydrogen (secondary N) is 2. The first kappa shape index (κ1) is 16.3. The zero-order valence-electron chi connectivity index (χ0n) is 13.5. The predicted octanol–water partition coefficient (Wildman–Crippen LogP) is 4.84. The molecule has 0 atom stereocenters. The van der Waals surface area contributed by atoms with Gasteiger partial charge in [-0.2, -0.15) is 4.98 Å². The summed E-state index contributed by atoms with van der Waals surface area (Å²) in [5.74, 6) is 1.40. The predicted molar refractivity (Wildman–Crippen MR) is 100 cm³/mol. The second-order valence-corrected chi connectivity index (χ2v) is 5.95. The Bertz CT molecular complexity index is 805. The molecule has 0 fully saturated rings. The standard InChI is InChI=1S/C19H19ClN4/c1-14-12-18(21-11-10-15-6-5-7-16(20)13-15)24-19(22-14)23-17-8-3-2-4-9-17/h2-9,12-13H,10-11H2,1H3,(H2,21,22,23,24). The summed E-state index contributed by atoms with van der Waals surface area (Å²) < 4.78 is 0. The van der Waals surface area contributed by atoms with Crippen LogP contribution >= 0.6 is 11.6 Å². The number of hydrogen-bond donors (Lipinski definition) is 2. The molecule has 0 aliphatic heterocycles. The molecule has 0 aliphatic rings. The molecule has 0 amide bonds. The number of halogens is 1. The van der Waals surface area contributed by atoms with E-state index in [0.717, 1.165) is 35.2 Å². The molecule has 4 nitrogen and oxygen atoms in total. The smallest absolute Gasteiger partial charge is 0.229 e. The Morgan fingerprint density at radius 3 is 2.58 bits per heavy atom. The van der Waals surface area contributed by atoms with E-state index in [9.17, 15) is 0 Å². The van der Waals surface area contributed by atoms with Crippen LogP contribution in [0.5, 0.6) is 0 Å². The summed E-state index contributed by atoms with van der Waals surface area (Å²) in [6, 6.07) is 19.7. The summed E-state index contributed by atoms with van der Waals surface area (Å²) >= 11 is 6.01. The van der Waals surface area contributed by atoms with Crippen LogP contribution in [0, 0.1) is 6.92 Å². The summed E-state index contributed by atoms with van der Waals surface area (Å²) in [7, 11) is 0. The topological polar surface area (TPSA) is 49.8 Å². The maximum atomic E-state index is 6.01. The van der Waals surface area contributed by atoms with Crippen LogP contribution in [0.2, 0.25) is 5.02 Å². The number of aromatic nitrogens is 2. The Kier molecular flexibility index (Phi) is 5.29. The van der Waals surface area contributed by atoms with Crippen molar-refractivity contribution in [3.05, 3.63) is 76.9 Å². The fraction of sp³-hybridized carbons (Fsp3) is 0.158. The zero-order chi connectivity index (χ0) is 16.8. The lowest BCUT2D eigenvalue weighted by atomic mass is 10.1. The van der Waals surface area contributed by atoms with E-state index in [-0.39, 0.29) is 0 Å². The third-order valence-corrected chi connectivity index (χ3v) is 3.73. The fourth-order valence-electron chi connectivity index (χ4n) is 2.39. The molecule has 5 heteroatoms. The molecule has 0 spiro atoms. The molecule has 0 saturated carbocycles. The fourth-order valence-corrected chi connectivity index (χ4v) is 2.61. The summed E-state index contributed by atoms with van der Waals surface area (Å²) in [5, 5.41) is 7.33. The Morgan fingerprint density at radius 1 is 0.958 bits per heavy atom. The second kappa shape index (κ2) is 7.79. The van der Waals surface area contributed by atoms with Gasteiger partial charge in [-0.25, -0.2) is 4.98 Å². The van der Waals surface area contributed by atoms with Crippen molar-refractivity contribution in [1.82, 2.24) is 9.97 Å². The molecule has 0 aliphatic carbocycles. The highest BCUT2D eigenvalue weighted by molar-refractivity contribution is 6.30. The van der Waals surface area contributed by atoms with Crippen molar-refractivity contribution in [2.24, 2.45) is 0 Å². The number of nitrogens with zero attached hydrogens (tertiary/aromatic N) is 2. The minimum atomic E-state index is 0.589. The number of rotatable bonds is 6. The van der Waals surface area contributed by atoms with E-state index in [1.807, 2.05) is 61.5 Å². The van der Waals surface area contributed by atoms with Crippen LogP contribution in [0.1, 0.15) is 11.3 Å². The van der Waals surface area contributed by atoms with Crippen molar-refractivity contribution >= 4 is 29.1 Å². The van der Waals surface area contributed by atoms with Gasteiger partial charge in [0.15, 0.2) is 0 Å². The lowest BCUT2D eigenvalue weighted by Gasteiger charge is -2.10. The highest BCUT2D eigenvalue weighted by atomic mass is 35.5. The van der Waals surface area contributed by atoms with E-state index in [1.54, 1.807) is 0 Å². The number of para-hydroxylation sites is 1. The zero-order valence-corrected chi connectivity index (χ0v) is 14.2. The van der Waals surface area contributed by atoms with Crippen LogP contribution in [-0.2, 0) is 6.42 Å². The van der Waals surface area contributed by atoms with Gasteiger partial charge in [-0.05, 0) is 43.2 Å². The number of anilines is 3. The number of aryl methyl sites for hydroxylation is 1. The van der Waals surface area contributed by atoms with Crippen LogP contribution < -0.4 is 10.6 Å². The van der Waals surface area contributed by atoms with Gasteiger partial charge >= 0.3 is 0 Å². The molecule has 0 unspecified atom stereocenters. The third kappa shape index (κ3) is 4.70. The molecule has 0 radical (unpaired) electrons. The second-order valence-electron chi connectivity index (χ2n) is 5.52. The quantitative estimate of drug-likeness (QED) is 0.675. The lowest BCUT2D eigenvalue weighted by molar-refractivity contribution is 0.995. The van der Waals surface area contributed by atoms with Crippen molar-refractivity contribution in [3.8, 4) is 0 Å². The molecule has 3 rings (SSSR count). The molecule has 1 aromatic heterocycles. The SMILES string of the molecule is Cc1cc(NCCc2cccc(Cl)c2)nc(Nc2ccccc2)n1. The minimum Gasteiger partial charge on any atom is -0.370 e. The van der Waals surface area contributed by atoms with E-state index in [0.29, 0.717) is 5.95 Å². The molecule has 0 saturated heterocycles. The van der Waals surface area contributed by atoms with Gasteiger partial charge in [0.25, 0.3) is 0 Å². The van der Waals surface area contributed by atoms with Crippen molar-refractivity contribution in [2.45, 2.75) is 13.3 Å². The van der Waals surface area contributed by atoms with E-state index in [4.69, 9.17) is 11.6 Å². The first-order valence-corrected chi connectivity index (χ1v) is 8.23. The monoisotopic (exact) mass is 338 g/mol. The molecule has 3 aromatic rings. The molecular weight excluding hydrogens is 320 g/mol. The van der Waals surface area contributed by atoms with Gasteiger partial charge in [0.2, 0.25) is 5.95 Å². The molecule has 122 valence electrons. The summed E-state index contributed by atoms with van der Waals surface area (Å²) in [6.45, 7) is 2.74. The van der Waals surface area contributed by atoms with E-state index in [2.05, 4.69) is 26.7 Å². The van der Waals surface area contributed by atoms with Gasteiger partial charge in [0.05, 0.1) is 0 Å². The molecule has 2 aromatic carbocycles. The van der Waals surface area contributed by atoms with Crippen LogP contribution in [-0.4, -0.2) is 16.5 Å². The first-order chi connectivity index (χ1) is 11.7. The Morgan fingerprint density at radius 2 is 1.79 bits per heavy atom. The largest absolute Gasteiger partial charge is 0.370 e. The normalized spacial score (nSPS) is 10.4. The van der Waals surface area contributed by atoms with Crippen LogP contribution in [0.3, 0.4) is 0 Å². The average molecular weight is 339 g/mol. The van der Waals surface area contributed by atoms with Gasteiger partial charge in [-0.3, -0.25) is 0 Å². The van der Waals surface area contributed by atoms with Crippen molar-refractivity contribution in [3.63, 3.8) is 0 Å². The van der Waals surface area contributed by atoms with Gasteiger partial charge in [-0.15, -0.1) is 0 Å². The van der Waals surface area contributed by atoms with Crippen molar-refractivity contribution < 1.29 is 0 Å². The summed E-state index contributed by atoms with van der Waals surface area (Å²) in [5.41, 5.74) is 3.07. The highest BCUT2D eigenvalue weighted by Gasteiger charge is 2.03.